The van der Waals surface area contributed by atoms with Gasteiger partial charge in [-0.3, -0.25) is 4.99 Å². The molecule has 110 valence electrons. The number of anilines is 1. The van der Waals surface area contributed by atoms with Gasteiger partial charge in [-0.2, -0.15) is 0 Å². The number of amidine groups is 1. The molecular formula is C14H17F3N2S. The Balaban J connectivity index is 2.22. The molecule has 1 aromatic rings. The summed E-state index contributed by atoms with van der Waals surface area (Å²) in [7, 11) is 0. The van der Waals surface area contributed by atoms with E-state index in [1.54, 1.807) is 0 Å². The van der Waals surface area contributed by atoms with E-state index in [2.05, 4.69) is 31.1 Å². The lowest BCUT2D eigenvalue weighted by atomic mass is 9.85. The van der Waals surface area contributed by atoms with Crippen LogP contribution in [0.25, 0.3) is 0 Å². The maximum Gasteiger partial charge on any atom is 0.196 e. The summed E-state index contributed by atoms with van der Waals surface area (Å²) in [6.07, 6.45) is 0.944. The van der Waals surface area contributed by atoms with Crippen LogP contribution in [0.1, 0.15) is 27.2 Å². The van der Waals surface area contributed by atoms with Crippen molar-refractivity contribution in [3.63, 3.8) is 0 Å². The van der Waals surface area contributed by atoms with Crippen LogP contribution < -0.4 is 5.32 Å². The Kier molecular flexibility index (Phi) is 4.32. The van der Waals surface area contributed by atoms with E-state index >= 15 is 0 Å². The average Bonchev–Trinajstić information content (AvgIpc) is 2.39. The van der Waals surface area contributed by atoms with Crippen LogP contribution in [0.5, 0.6) is 0 Å². The molecule has 0 spiro atoms. The molecule has 0 saturated heterocycles. The van der Waals surface area contributed by atoms with Crippen molar-refractivity contribution in [1.29, 1.82) is 0 Å². The van der Waals surface area contributed by atoms with E-state index in [1.165, 1.54) is 17.8 Å². The molecule has 0 aliphatic carbocycles. The largest absolute Gasteiger partial charge is 0.332 e. The van der Waals surface area contributed by atoms with Gasteiger partial charge in [0.2, 0.25) is 0 Å². The molecule has 0 radical (unpaired) electrons. The second-order valence-electron chi connectivity index (χ2n) is 5.80. The zero-order valence-electron chi connectivity index (χ0n) is 11.6. The molecule has 1 unspecified atom stereocenters. The van der Waals surface area contributed by atoms with Gasteiger partial charge in [0, 0.05) is 5.75 Å². The lowest BCUT2D eigenvalue weighted by molar-refractivity contribution is 0.316. The van der Waals surface area contributed by atoms with E-state index in [-0.39, 0.29) is 17.1 Å². The minimum absolute atomic E-state index is 0.0144. The first-order chi connectivity index (χ1) is 9.29. The van der Waals surface area contributed by atoms with Crippen LogP contribution in [0, 0.1) is 22.9 Å². The van der Waals surface area contributed by atoms with Crippen molar-refractivity contribution < 1.29 is 13.2 Å². The van der Waals surface area contributed by atoms with Crippen molar-refractivity contribution in [3.05, 3.63) is 29.6 Å². The molecule has 1 N–H and O–H groups in total. The number of aliphatic imine (C=N–C) groups is 1. The fraction of sp³-hybridized carbons (Fsp3) is 0.500. The third kappa shape index (κ3) is 3.29. The first-order valence-corrected chi connectivity index (χ1v) is 7.38. The van der Waals surface area contributed by atoms with Crippen LogP contribution in [0.4, 0.5) is 18.9 Å². The van der Waals surface area contributed by atoms with Gasteiger partial charge in [-0.25, -0.2) is 13.2 Å². The SMILES string of the molecule is CC(C)(C)C1CCSC(Nc2ccc(F)c(F)c2F)=N1. The Labute approximate surface area is 120 Å². The molecule has 2 nitrogen and oxygen atoms in total. The van der Waals surface area contributed by atoms with E-state index in [0.717, 1.165) is 18.2 Å². The van der Waals surface area contributed by atoms with Gasteiger partial charge in [-0.15, -0.1) is 0 Å². The first-order valence-electron chi connectivity index (χ1n) is 6.40. The first kappa shape index (κ1) is 15.2. The van der Waals surface area contributed by atoms with Gasteiger partial charge in [-0.1, -0.05) is 32.5 Å². The molecular weight excluding hydrogens is 285 g/mol. The molecule has 1 atom stereocenters. The fourth-order valence-corrected chi connectivity index (χ4v) is 2.86. The molecule has 1 aliphatic rings. The van der Waals surface area contributed by atoms with Crippen LogP contribution in [0.2, 0.25) is 0 Å². The smallest absolute Gasteiger partial charge is 0.196 e. The predicted octanol–water partition coefficient (Wildman–Crippen LogP) is 4.42. The molecule has 6 heteroatoms. The molecule has 0 fully saturated rings. The number of hydrogen-bond acceptors (Lipinski definition) is 3. The molecule has 0 saturated carbocycles. The Morgan fingerprint density at radius 1 is 1.20 bits per heavy atom. The Bertz CT molecular complexity index is 538. The molecule has 1 aromatic carbocycles. The Morgan fingerprint density at radius 3 is 2.55 bits per heavy atom. The van der Waals surface area contributed by atoms with E-state index < -0.39 is 17.5 Å². The van der Waals surface area contributed by atoms with E-state index in [9.17, 15) is 13.2 Å². The number of halogens is 3. The van der Waals surface area contributed by atoms with E-state index in [0.29, 0.717) is 5.17 Å². The van der Waals surface area contributed by atoms with Crippen molar-refractivity contribution in [2.45, 2.75) is 33.2 Å². The highest BCUT2D eigenvalue weighted by Gasteiger charge is 2.27. The third-order valence-electron chi connectivity index (χ3n) is 3.18. The van der Waals surface area contributed by atoms with Crippen molar-refractivity contribution >= 4 is 22.6 Å². The molecule has 1 aliphatic heterocycles. The van der Waals surface area contributed by atoms with Crippen molar-refractivity contribution in [2.75, 3.05) is 11.1 Å². The van der Waals surface area contributed by atoms with Crippen molar-refractivity contribution in [3.8, 4) is 0 Å². The lowest BCUT2D eigenvalue weighted by Gasteiger charge is -2.31. The number of nitrogens with one attached hydrogen (secondary N) is 1. The normalized spacial score (nSPS) is 19.7. The lowest BCUT2D eigenvalue weighted by Crippen LogP contribution is -2.30. The van der Waals surface area contributed by atoms with Gasteiger partial charge < -0.3 is 5.32 Å². The van der Waals surface area contributed by atoms with E-state index in [4.69, 9.17) is 0 Å². The summed E-state index contributed by atoms with van der Waals surface area (Å²) in [6.45, 7) is 6.27. The molecule has 0 bridgehead atoms. The van der Waals surface area contributed by atoms with Crippen molar-refractivity contribution in [2.24, 2.45) is 10.4 Å². The second-order valence-corrected chi connectivity index (χ2v) is 6.88. The number of thioether (sulfide) groups is 1. The second kappa shape index (κ2) is 5.68. The summed E-state index contributed by atoms with van der Waals surface area (Å²) in [6, 6.07) is 2.20. The summed E-state index contributed by atoms with van der Waals surface area (Å²) in [4.78, 5) is 4.53. The monoisotopic (exact) mass is 302 g/mol. The van der Waals surface area contributed by atoms with Gasteiger partial charge in [0.05, 0.1) is 11.7 Å². The highest BCUT2D eigenvalue weighted by Crippen LogP contribution is 2.31. The Morgan fingerprint density at radius 2 is 1.90 bits per heavy atom. The number of benzene rings is 1. The summed E-state index contributed by atoms with van der Waals surface area (Å²) in [5, 5.41) is 3.29. The zero-order valence-corrected chi connectivity index (χ0v) is 12.5. The minimum Gasteiger partial charge on any atom is -0.332 e. The number of hydrogen-bond donors (Lipinski definition) is 1. The van der Waals surface area contributed by atoms with Crippen LogP contribution in [0.15, 0.2) is 17.1 Å². The molecule has 0 amide bonds. The highest BCUT2D eigenvalue weighted by molar-refractivity contribution is 8.14. The predicted molar refractivity (Wildman–Crippen MR) is 77.7 cm³/mol. The highest BCUT2D eigenvalue weighted by atomic mass is 32.2. The third-order valence-corrected chi connectivity index (χ3v) is 4.10. The van der Waals surface area contributed by atoms with Gasteiger partial charge in [0.25, 0.3) is 0 Å². The quantitative estimate of drug-likeness (QED) is 0.776. The van der Waals surface area contributed by atoms with Gasteiger partial charge in [-0.05, 0) is 24.0 Å². The maximum atomic E-state index is 13.6. The maximum absolute atomic E-state index is 13.6. The number of nitrogens with zero attached hydrogens (tertiary/aromatic N) is 1. The van der Waals surface area contributed by atoms with Crippen LogP contribution in [-0.4, -0.2) is 17.0 Å². The van der Waals surface area contributed by atoms with Gasteiger partial charge >= 0.3 is 0 Å². The van der Waals surface area contributed by atoms with Crippen molar-refractivity contribution in [1.82, 2.24) is 0 Å². The summed E-state index contributed by atoms with van der Waals surface area (Å²) in [5.41, 5.74) is -0.0785. The van der Waals surface area contributed by atoms with Crippen LogP contribution >= 0.6 is 11.8 Å². The Hall–Kier alpha value is -1.17. The summed E-state index contributed by atoms with van der Waals surface area (Å²) < 4.78 is 39.7. The molecule has 2 rings (SSSR count). The van der Waals surface area contributed by atoms with Crippen LogP contribution in [0.3, 0.4) is 0 Å². The van der Waals surface area contributed by atoms with Gasteiger partial charge in [0.1, 0.15) is 0 Å². The minimum atomic E-state index is -1.47. The molecule has 20 heavy (non-hydrogen) atoms. The topological polar surface area (TPSA) is 24.4 Å². The molecule has 0 aromatic heterocycles. The van der Waals surface area contributed by atoms with Gasteiger partial charge in [0.15, 0.2) is 22.6 Å². The molecule has 1 heterocycles. The van der Waals surface area contributed by atoms with Crippen LogP contribution in [-0.2, 0) is 0 Å². The van der Waals surface area contributed by atoms with E-state index in [1.807, 2.05) is 0 Å². The standard InChI is InChI=1S/C14H17F3N2S/c1-14(2,3)10-6-7-20-13(19-10)18-9-5-4-8(15)11(16)12(9)17/h4-5,10H,6-7H2,1-3H3,(H,18,19). The fourth-order valence-electron chi connectivity index (χ4n) is 1.94. The summed E-state index contributed by atoms with van der Waals surface area (Å²) in [5.74, 6) is -3.02. The summed E-state index contributed by atoms with van der Waals surface area (Å²) >= 11 is 1.45. The average molecular weight is 302 g/mol. The zero-order chi connectivity index (χ0) is 14.9. The number of rotatable bonds is 1.